The van der Waals surface area contributed by atoms with E-state index < -0.39 is 0 Å². The van der Waals surface area contributed by atoms with Crippen LogP contribution in [0.1, 0.15) is 35.0 Å². The molecule has 0 amide bonds. The van der Waals surface area contributed by atoms with Crippen LogP contribution in [0.25, 0.3) is 0 Å². The fraction of sp³-hybridized carbons (Fsp3) is 0.500. The van der Waals surface area contributed by atoms with Crippen LogP contribution in [0, 0.1) is 6.92 Å². The molecule has 0 saturated heterocycles. The average Bonchev–Trinajstić information content (AvgIpc) is 2.47. The molecule has 1 atom stereocenters. The molecule has 0 aliphatic carbocycles. The predicted octanol–water partition coefficient (Wildman–Crippen LogP) is 2.37. The van der Waals surface area contributed by atoms with Crippen molar-refractivity contribution in [2.45, 2.75) is 32.7 Å². The Morgan fingerprint density at radius 1 is 1.69 bits per heavy atom. The summed E-state index contributed by atoms with van der Waals surface area (Å²) in [7, 11) is 0. The SMILES string of the molecule is Cc1ccsc1C(=O)CCC(C)N. The average molecular weight is 197 g/mol. The molecule has 72 valence electrons. The highest BCUT2D eigenvalue weighted by molar-refractivity contribution is 7.12. The van der Waals surface area contributed by atoms with Crippen molar-refractivity contribution >= 4 is 17.1 Å². The minimum absolute atomic E-state index is 0.115. The van der Waals surface area contributed by atoms with Crippen molar-refractivity contribution in [2.24, 2.45) is 5.73 Å². The highest BCUT2D eigenvalue weighted by atomic mass is 32.1. The second-order valence-electron chi connectivity index (χ2n) is 3.37. The van der Waals surface area contributed by atoms with Crippen molar-refractivity contribution in [3.63, 3.8) is 0 Å². The molecule has 1 unspecified atom stereocenters. The Labute approximate surface area is 82.8 Å². The van der Waals surface area contributed by atoms with Crippen LogP contribution in [0.5, 0.6) is 0 Å². The lowest BCUT2D eigenvalue weighted by Crippen LogP contribution is -2.16. The van der Waals surface area contributed by atoms with Crippen LogP contribution in [0.15, 0.2) is 11.4 Å². The molecule has 0 fully saturated rings. The van der Waals surface area contributed by atoms with Crippen LogP contribution < -0.4 is 5.73 Å². The number of aryl methyl sites for hydroxylation is 1. The number of hydrogen-bond acceptors (Lipinski definition) is 3. The van der Waals surface area contributed by atoms with Gasteiger partial charge in [-0.25, -0.2) is 0 Å². The second-order valence-corrected chi connectivity index (χ2v) is 4.29. The van der Waals surface area contributed by atoms with Gasteiger partial charge in [-0.1, -0.05) is 0 Å². The first-order valence-electron chi connectivity index (χ1n) is 4.44. The molecule has 3 heteroatoms. The number of carbonyl (C=O) groups excluding carboxylic acids is 1. The Bertz CT molecular complexity index is 291. The highest BCUT2D eigenvalue weighted by Gasteiger charge is 2.10. The zero-order valence-corrected chi connectivity index (χ0v) is 8.86. The molecule has 1 rings (SSSR count). The third kappa shape index (κ3) is 2.94. The standard InChI is InChI=1S/C10H15NOS/c1-7-5-6-13-10(7)9(12)4-3-8(2)11/h5-6,8H,3-4,11H2,1-2H3. The summed E-state index contributed by atoms with van der Waals surface area (Å²) in [5.41, 5.74) is 6.67. The topological polar surface area (TPSA) is 43.1 Å². The molecule has 0 saturated carbocycles. The van der Waals surface area contributed by atoms with Gasteiger partial charge >= 0.3 is 0 Å². The summed E-state index contributed by atoms with van der Waals surface area (Å²) in [6.07, 6.45) is 1.34. The normalized spacial score (nSPS) is 12.8. The van der Waals surface area contributed by atoms with E-state index in [0.717, 1.165) is 16.9 Å². The van der Waals surface area contributed by atoms with Crippen molar-refractivity contribution in [1.82, 2.24) is 0 Å². The van der Waals surface area contributed by atoms with Gasteiger partial charge < -0.3 is 5.73 Å². The van der Waals surface area contributed by atoms with Gasteiger partial charge in [0, 0.05) is 12.5 Å². The van der Waals surface area contributed by atoms with Crippen molar-refractivity contribution in [2.75, 3.05) is 0 Å². The van der Waals surface area contributed by atoms with Crippen LogP contribution in [0.3, 0.4) is 0 Å². The molecule has 2 N–H and O–H groups in total. The van der Waals surface area contributed by atoms with Crippen LogP contribution in [0.2, 0.25) is 0 Å². The maximum Gasteiger partial charge on any atom is 0.173 e. The van der Waals surface area contributed by atoms with E-state index in [2.05, 4.69) is 0 Å². The molecule has 1 aromatic heterocycles. The molecule has 1 aromatic rings. The van der Waals surface area contributed by atoms with E-state index in [1.165, 1.54) is 11.3 Å². The second kappa shape index (κ2) is 4.53. The molecule has 0 aliphatic rings. The number of hydrogen-bond donors (Lipinski definition) is 1. The molecule has 0 aliphatic heterocycles. The largest absolute Gasteiger partial charge is 0.328 e. The molecule has 0 bridgehead atoms. The molecule has 2 nitrogen and oxygen atoms in total. The number of nitrogens with two attached hydrogens (primary N) is 1. The Kier molecular flexibility index (Phi) is 3.63. The van der Waals surface area contributed by atoms with Gasteiger partial charge in [0.15, 0.2) is 5.78 Å². The quantitative estimate of drug-likeness (QED) is 0.753. The van der Waals surface area contributed by atoms with Crippen molar-refractivity contribution in [3.8, 4) is 0 Å². The first kappa shape index (κ1) is 10.4. The maximum atomic E-state index is 11.6. The lowest BCUT2D eigenvalue weighted by atomic mass is 10.1. The zero-order valence-electron chi connectivity index (χ0n) is 8.04. The number of carbonyl (C=O) groups is 1. The molecule has 0 spiro atoms. The van der Waals surface area contributed by atoms with Gasteiger partial charge in [0.05, 0.1) is 4.88 Å². The third-order valence-corrected chi connectivity index (χ3v) is 3.00. The van der Waals surface area contributed by atoms with E-state index in [0.29, 0.717) is 6.42 Å². The summed E-state index contributed by atoms with van der Waals surface area (Å²) in [5, 5.41) is 1.95. The fourth-order valence-electron chi connectivity index (χ4n) is 1.13. The van der Waals surface area contributed by atoms with Gasteiger partial charge in [0.1, 0.15) is 0 Å². The summed E-state index contributed by atoms with van der Waals surface area (Å²) in [5.74, 6) is 0.227. The van der Waals surface area contributed by atoms with Crippen molar-refractivity contribution in [3.05, 3.63) is 21.9 Å². The summed E-state index contributed by atoms with van der Waals surface area (Å²) < 4.78 is 0. The molecule has 0 radical (unpaired) electrons. The lowest BCUT2D eigenvalue weighted by molar-refractivity contribution is 0.0981. The van der Waals surface area contributed by atoms with Gasteiger partial charge in [-0.15, -0.1) is 11.3 Å². The van der Waals surface area contributed by atoms with Crippen molar-refractivity contribution < 1.29 is 4.79 Å². The van der Waals surface area contributed by atoms with E-state index >= 15 is 0 Å². The third-order valence-electron chi connectivity index (χ3n) is 1.94. The van der Waals surface area contributed by atoms with Gasteiger partial charge in [-0.3, -0.25) is 4.79 Å². The van der Waals surface area contributed by atoms with E-state index in [-0.39, 0.29) is 11.8 Å². The van der Waals surface area contributed by atoms with Crippen LogP contribution in [-0.4, -0.2) is 11.8 Å². The Balaban J connectivity index is 2.54. The van der Waals surface area contributed by atoms with Gasteiger partial charge in [0.2, 0.25) is 0 Å². The number of Topliss-reactive ketones (excluding diaryl/α,β-unsaturated/α-hetero) is 1. The smallest absolute Gasteiger partial charge is 0.173 e. The first-order valence-corrected chi connectivity index (χ1v) is 5.32. The minimum Gasteiger partial charge on any atom is -0.328 e. The summed E-state index contributed by atoms with van der Waals surface area (Å²) >= 11 is 1.52. The number of rotatable bonds is 4. The molecule has 0 aromatic carbocycles. The first-order chi connectivity index (χ1) is 6.11. The van der Waals surface area contributed by atoms with E-state index in [1.54, 1.807) is 0 Å². The molecule has 1 heterocycles. The summed E-state index contributed by atoms with van der Waals surface area (Å²) in [6.45, 7) is 3.89. The van der Waals surface area contributed by atoms with Crippen LogP contribution in [-0.2, 0) is 0 Å². The van der Waals surface area contributed by atoms with Gasteiger partial charge in [-0.05, 0) is 37.3 Å². The maximum absolute atomic E-state index is 11.6. The van der Waals surface area contributed by atoms with E-state index in [1.807, 2.05) is 25.3 Å². The monoisotopic (exact) mass is 197 g/mol. The van der Waals surface area contributed by atoms with Gasteiger partial charge in [0.25, 0.3) is 0 Å². The number of ketones is 1. The Morgan fingerprint density at radius 2 is 2.38 bits per heavy atom. The van der Waals surface area contributed by atoms with E-state index in [9.17, 15) is 4.79 Å². The highest BCUT2D eigenvalue weighted by Crippen LogP contribution is 2.18. The fourth-order valence-corrected chi connectivity index (χ4v) is 2.03. The Hall–Kier alpha value is -0.670. The van der Waals surface area contributed by atoms with Crippen molar-refractivity contribution in [1.29, 1.82) is 0 Å². The van der Waals surface area contributed by atoms with E-state index in [4.69, 9.17) is 5.73 Å². The summed E-state index contributed by atoms with van der Waals surface area (Å²) in [6, 6.07) is 2.09. The zero-order chi connectivity index (χ0) is 9.84. The van der Waals surface area contributed by atoms with Gasteiger partial charge in [-0.2, -0.15) is 0 Å². The van der Waals surface area contributed by atoms with Crippen LogP contribution in [0.4, 0.5) is 0 Å². The Morgan fingerprint density at radius 3 is 2.85 bits per heavy atom. The lowest BCUT2D eigenvalue weighted by Gasteiger charge is -2.02. The predicted molar refractivity (Wildman–Crippen MR) is 56.3 cm³/mol. The molecular formula is C10H15NOS. The minimum atomic E-state index is 0.115. The number of thiophene rings is 1. The van der Waals surface area contributed by atoms with Crippen LogP contribution >= 0.6 is 11.3 Å². The summed E-state index contributed by atoms with van der Waals surface area (Å²) in [4.78, 5) is 12.5. The molecular weight excluding hydrogens is 182 g/mol. The molecule has 13 heavy (non-hydrogen) atoms.